The molecule has 76 valence electrons. The molecule has 0 atom stereocenters. The predicted octanol–water partition coefficient (Wildman–Crippen LogP) is 2.29. The highest BCUT2D eigenvalue weighted by Gasteiger charge is 2.09. The molecule has 1 heterocycles. The van der Waals surface area contributed by atoms with Crippen molar-refractivity contribution in [2.24, 2.45) is 5.41 Å². The topological polar surface area (TPSA) is 49.0 Å². The van der Waals surface area contributed by atoms with E-state index in [0.29, 0.717) is 12.3 Å². The third-order valence-corrected chi connectivity index (χ3v) is 1.73. The van der Waals surface area contributed by atoms with E-state index in [4.69, 9.17) is 9.68 Å². The van der Waals surface area contributed by atoms with Gasteiger partial charge in [-0.1, -0.05) is 20.8 Å². The first-order valence-corrected chi connectivity index (χ1v) is 4.71. The number of hydrogen-bond donors (Lipinski definition) is 1. The number of nitriles is 1. The van der Waals surface area contributed by atoms with Gasteiger partial charge in [-0.05, 0) is 17.5 Å². The quantitative estimate of drug-likeness (QED) is 0.799. The number of nitrogens with one attached hydrogen (secondary N) is 1. The van der Waals surface area contributed by atoms with E-state index in [-0.39, 0.29) is 5.41 Å². The summed E-state index contributed by atoms with van der Waals surface area (Å²) in [6.07, 6.45) is 0. The summed E-state index contributed by atoms with van der Waals surface area (Å²) in [6.45, 7) is 8.11. The molecule has 0 spiro atoms. The van der Waals surface area contributed by atoms with Crippen LogP contribution in [0.15, 0.2) is 16.5 Å². The molecule has 0 unspecified atom stereocenters. The Balaban J connectivity index is 2.36. The number of nitrogens with zero attached hydrogens (tertiary/aromatic N) is 1. The van der Waals surface area contributed by atoms with Gasteiger partial charge in [-0.3, -0.25) is 0 Å². The van der Waals surface area contributed by atoms with E-state index in [0.717, 1.165) is 12.3 Å². The first-order chi connectivity index (χ1) is 6.51. The van der Waals surface area contributed by atoms with Crippen molar-refractivity contribution < 1.29 is 4.42 Å². The fourth-order valence-corrected chi connectivity index (χ4v) is 1.09. The van der Waals surface area contributed by atoms with Gasteiger partial charge in [-0.2, -0.15) is 5.26 Å². The van der Waals surface area contributed by atoms with Gasteiger partial charge in [0, 0.05) is 6.54 Å². The van der Waals surface area contributed by atoms with Crippen LogP contribution in [-0.4, -0.2) is 6.54 Å². The molecule has 3 nitrogen and oxygen atoms in total. The van der Waals surface area contributed by atoms with E-state index in [1.54, 1.807) is 6.07 Å². The minimum Gasteiger partial charge on any atom is -0.449 e. The third kappa shape index (κ3) is 3.63. The number of furan rings is 1. The van der Waals surface area contributed by atoms with Gasteiger partial charge >= 0.3 is 0 Å². The van der Waals surface area contributed by atoms with Crippen LogP contribution in [0, 0.1) is 16.7 Å². The summed E-state index contributed by atoms with van der Waals surface area (Å²) in [5.74, 6) is 1.18. The molecular formula is C11H16N2O. The van der Waals surface area contributed by atoms with Gasteiger partial charge in [0.05, 0.1) is 6.54 Å². The van der Waals surface area contributed by atoms with Crippen LogP contribution >= 0.6 is 0 Å². The maximum Gasteiger partial charge on any atom is 0.203 e. The molecule has 1 aromatic heterocycles. The predicted molar refractivity (Wildman–Crippen MR) is 54.6 cm³/mol. The highest BCUT2D eigenvalue weighted by Crippen LogP contribution is 2.11. The first-order valence-electron chi connectivity index (χ1n) is 4.71. The summed E-state index contributed by atoms with van der Waals surface area (Å²) in [6, 6.07) is 5.48. The van der Waals surface area contributed by atoms with Gasteiger partial charge in [0.25, 0.3) is 0 Å². The van der Waals surface area contributed by atoms with Crippen molar-refractivity contribution in [2.75, 3.05) is 6.54 Å². The average molecular weight is 192 g/mol. The Bertz CT molecular complexity index is 328. The van der Waals surface area contributed by atoms with Crippen molar-refractivity contribution in [3.63, 3.8) is 0 Å². The van der Waals surface area contributed by atoms with Crippen molar-refractivity contribution in [2.45, 2.75) is 27.3 Å². The maximum atomic E-state index is 8.54. The second kappa shape index (κ2) is 4.30. The SMILES string of the molecule is CC(C)(C)CNCc1ccc(C#N)o1. The van der Waals surface area contributed by atoms with E-state index in [1.165, 1.54) is 0 Å². The standard InChI is InChI=1S/C11H16N2O/c1-11(2,3)8-13-7-10-5-4-9(6-12)14-10/h4-5,13H,7-8H2,1-3H3. The van der Waals surface area contributed by atoms with Crippen molar-refractivity contribution in [3.05, 3.63) is 23.7 Å². The van der Waals surface area contributed by atoms with Crippen LogP contribution in [0.2, 0.25) is 0 Å². The molecular weight excluding hydrogens is 176 g/mol. The maximum absolute atomic E-state index is 8.54. The van der Waals surface area contributed by atoms with E-state index in [9.17, 15) is 0 Å². The second-order valence-corrected chi connectivity index (χ2v) is 4.54. The van der Waals surface area contributed by atoms with Crippen LogP contribution in [0.3, 0.4) is 0 Å². The molecule has 0 amide bonds. The molecule has 3 heteroatoms. The molecule has 0 aliphatic carbocycles. The zero-order chi connectivity index (χ0) is 10.6. The first kappa shape index (κ1) is 10.8. The summed E-state index contributed by atoms with van der Waals surface area (Å²) >= 11 is 0. The Kier molecular flexibility index (Phi) is 3.32. The van der Waals surface area contributed by atoms with Crippen LogP contribution in [-0.2, 0) is 6.54 Å². The fourth-order valence-electron chi connectivity index (χ4n) is 1.09. The Morgan fingerprint density at radius 2 is 2.14 bits per heavy atom. The molecule has 0 aromatic carbocycles. The van der Waals surface area contributed by atoms with Gasteiger partial charge in [0.15, 0.2) is 0 Å². The molecule has 0 saturated carbocycles. The number of hydrogen-bond acceptors (Lipinski definition) is 3. The Labute approximate surface area is 84.7 Å². The second-order valence-electron chi connectivity index (χ2n) is 4.54. The van der Waals surface area contributed by atoms with Crippen molar-refractivity contribution in [1.29, 1.82) is 5.26 Å². The van der Waals surface area contributed by atoms with Gasteiger partial charge in [-0.25, -0.2) is 0 Å². The highest BCUT2D eigenvalue weighted by molar-refractivity contribution is 5.18. The van der Waals surface area contributed by atoms with E-state index in [1.807, 2.05) is 12.1 Å². The molecule has 1 aromatic rings. The van der Waals surface area contributed by atoms with Crippen LogP contribution < -0.4 is 5.32 Å². The van der Waals surface area contributed by atoms with Crippen molar-refractivity contribution in [3.8, 4) is 6.07 Å². The summed E-state index contributed by atoms with van der Waals surface area (Å²) in [5.41, 5.74) is 0.269. The van der Waals surface area contributed by atoms with Gasteiger partial charge < -0.3 is 9.73 Å². The molecule has 0 radical (unpaired) electrons. The van der Waals surface area contributed by atoms with Crippen molar-refractivity contribution >= 4 is 0 Å². The van der Waals surface area contributed by atoms with Gasteiger partial charge in [0.1, 0.15) is 11.8 Å². The van der Waals surface area contributed by atoms with Crippen LogP contribution in [0.25, 0.3) is 0 Å². The molecule has 0 saturated heterocycles. The lowest BCUT2D eigenvalue weighted by Crippen LogP contribution is -2.26. The van der Waals surface area contributed by atoms with Crippen LogP contribution in [0.4, 0.5) is 0 Å². The molecule has 0 bridgehead atoms. The molecule has 14 heavy (non-hydrogen) atoms. The van der Waals surface area contributed by atoms with Gasteiger partial charge in [-0.15, -0.1) is 0 Å². The largest absolute Gasteiger partial charge is 0.449 e. The molecule has 0 aliphatic rings. The molecule has 1 rings (SSSR count). The Morgan fingerprint density at radius 1 is 1.43 bits per heavy atom. The normalized spacial score (nSPS) is 11.3. The fraction of sp³-hybridized carbons (Fsp3) is 0.545. The van der Waals surface area contributed by atoms with Gasteiger partial charge in [0.2, 0.25) is 5.76 Å². The zero-order valence-corrected chi connectivity index (χ0v) is 8.92. The van der Waals surface area contributed by atoms with E-state index < -0.39 is 0 Å². The molecule has 0 fully saturated rings. The molecule has 1 N–H and O–H groups in total. The summed E-state index contributed by atoms with van der Waals surface area (Å²) < 4.78 is 5.22. The lowest BCUT2D eigenvalue weighted by atomic mass is 9.97. The third-order valence-electron chi connectivity index (χ3n) is 1.73. The van der Waals surface area contributed by atoms with Crippen molar-refractivity contribution in [1.82, 2.24) is 5.32 Å². The molecule has 0 aliphatic heterocycles. The minimum atomic E-state index is 0.269. The lowest BCUT2D eigenvalue weighted by Gasteiger charge is -2.18. The van der Waals surface area contributed by atoms with E-state index >= 15 is 0 Å². The average Bonchev–Trinajstić information content (AvgIpc) is 2.50. The van der Waals surface area contributed by atoms with Crippen LogP contribution in [0.5, 0.6) is 0 Å². The van der Waals surface area contributed by atoms with E-state index in [2.05, 4.69) is 26.1 Å². The summed E-state index contributed by atoms with van der Waals surface area (Å²) in [7, 11) is 0. The summed E-state index contributed by atoms with van der Waals surface area (Å²) in [4.78, 5) is 0. The Hall–Kier alpha value is -1.27. The smallest absolute Gasteiger partial charge is 0.203 e. The summed E-state index contributed by atoms with van der Waals surface area (Å²) in [5, 5.41) is 11.8. The number of rotatable bonds is 3. The monoisotopic (exact) mass is 192 g/mol. The lowest BCUT2D eigenvalue weighted by molar-refractivity contribution is 0.366. The van der Waals surface area contributed by atoms with Crippen LogP contribution in [0.1, 0.15) is 32.3 Å². The zero-order valence-electron chi connectivity index (χ0n) is 8.92. The minimum absolute atomic E-state index is 0.269. The Morgan fingerprint density at radius 3 is 2.64 bits per heavy atom. The highest BCUT2D eigenvalue weighted by atomic mass is 16.3.